The van der Waals surface area contributed by atoms with Gasteiger partial charge >= 0.3 is 0 Å². The van der Waals surface area contributed by atoms with Crippen LogP contribution in [0.4, 0.5) is 0 Å². The molecule has 0 bridgehead atoms. The lowest BCUT2D eigenvalue weighted by molar-refractivity contribution is 0.227. The van der Waals surface area contributed by atoms with Crippen molar-refractivity contribution >= 4 is 0 Å². The summed E-state index contributed by atoms with van der Waals surface area (Å²) in [4.78, 5) is 0. The van der Waals surface area contributed by atoms with Gasteiger partial charge < -0.3 is 10.1 Å². The number of aromatic nitrogens is 2. The number of nitrogens with one attached hydrogen (secondary N) is 1. The topological polar surface area (TPSA) is 39.1 Å². The third-order valence-electron chi connectivity index (χ3n) is 3.49. The third-order valence-corrected chi connectivity index (χ3v) is 3.49. The lowest BCUT2D eigenvalue weighted by atomic mass is 10.1. The first-order valence-electron chi connectivity index (χ1n) is 6.67. The first kappa shape index (κ1) is 12.2. The number of nitrogens with zero attached hydrogens (tertiary/aromatic N) is 2. The van der Waals surface area contributed by atoms with Crippen LogP contribution in [0.25, 0.3) is 0 Å². The lowest BCUT2D eigenvalue weighted by Crippen LogP contribution is -2.30. The number of ether oxygens (including phenoxy) is 1. The van der Waals surface area contributed by atoms with E-state index in [0.29, 0.717) is 0 Å². The third kappa shape index (κ3) is 2.63. The normalized spacial score (nSPS) is 17.3. The van der Waals surface area contributed by atoms with Crippen LogP contribution in [0.2, 0.25) is 0 Å². The molecule has 2 heterocycles. The van der Waals surface area contributed by atoms with E-state index in [0.717, 1.165) is 31.0 Å². The highest BCUT2D eigenvalue weighted by atomic mass is 16.5. The molecule has 3 rings (SSSR count). The zero-order chi connectivity index (χ0) is 13.2. The van der Waals surface area contributed by atoms with Crippen LogP contribution in [0.15, 0.2) is 30.3 Å². The van der Waals surface area contributed by atoms with E-state index in [1.165, 1.54) is 11.3 Å². The molecular weight excluding hydrogens is 238 g/mol. The molecule has 4 nitrogen and oxygen atoms in total. The van der Waals surface area contributed by atoms with Gasteiger partial charge in [0.2, 0.25) is 0 Å². The largest absolute Gasteiger partial charge is 0.488 e. The Morgan fingerprint density at radius 1 is 1.42 bits per heavy atom. The van der Waals surface area contributed by atoms with Crippen molar-refractivity contribution in [2.45, 2.75) is 26.0 Å². The molecular formula is C15H19N3O. The predicted octanol–water partition coefficient (Wildman–Crippen LogP) is 1.82. The number of hydrogen-bond donors (Lipinski definition) is 1. The van der Waals surface area contributed by atoms with E-state index in [4.69, 9.17) is 4.74 Å². The van der Waals surface area contributed by atoms with Crippen LogP contribution in [0, 0.1) is 6.92 Å². The van der Waals surface area contributed by atoms with Gasteiger partial charge in [-0.05, 0) is 24.6 Å². The Hall–Kier alpha value is -1.81. The average Bonchev–Trinajstić information content (AvgIpc) is 2.92. The van der Waals surface area contributed by atoms with E-state index in [1.807, 2.05) is 30.8 Å². The van der Waals surface area contributed by atoms with Crippen LogP contribution in [-0.2, 0) is 20.0 Å². The van der Waals surface area contributed by atoms with Crippen molar-refractivity contribution in [1.29, 1.82) is 0 Å². The number of para-hydroxylation sites is 1. The monoisotopic (exact) mass is 257 g/mol. The van der Waals surface area contributed by atoms with Gasteiger partial charge in [-0.2, -0.15) is 5.10 Å². The second-order valence-electron chi connectivity index (χ2n) is 5.08. The Labute approximate surface area is 113 Å². The molecule has 1 N–H and O–H groups in total. The van der Waals surface area contributed by atoms with Gasteiger partial charge in [0.25, 0.3) is 0 Å². The van der Waals surface area contributed by atoms with Crippen molar-refractivity contribution in [2.75, 3.05) is 6.54 Å². The summed E-state index contributed by atoms with van der Waals surface area (Å²) in [5.41, 5.74) is 3.57. The molecule has 0 fully saturated rings. The van der Waals surface area contributed by atoms with Crippen molar-refractivity contribution in [3.8, 4) is 5.75 Å². The van der Waals surface area contributed by atoms with Crippen LogP contribution in [0.5, 0.6) is 5.75 Å². The average molecular weight is 257 g/mol. The molecule has 1 aliphatic rings. The van der Waals surface area contributed by atoms with E-state index in [1.54, 1.807) is 0 Å². The Morgan fingerprint density at radius 3 is 3.00 bits per heavy atom. The van der Waals surface area contributed by atoms with Gasteiger partial charge in [0.15, 0.2) is 0 Å². The Morgan fingerprint density at radius 2 is 2.26 bits per heavy atom. The fourth-order valence-corrected chi connectivity index (χ4v) is 2.56. The molecule has 100 valence electrons. The minimum absolute atomic E-state index is 0.242. The molecule has 0 spiro atoms. The molecule has 19 heavy (non-hydrogen) atoms. The highest BCUT2D eigenvalue weighted by Gasteiger charge is 2.21. The molecule has 2 aromatic rings. The molecule has 0 radical (unpaired) electrons. The van der Waals surface area contributed by atoms with Gasteiger partial charge in [-0.15, -0.1) is 0 Å². The second-order valence-corrected chi connectivity index (χ2v) is 5.08. The number of aryl methyl sites for hydroxylation is 2. The zero-order valence-electron chi connectivity index (χ0n) is 11.4. The van der Waals surface area contributed by atoms with E-state index in [9.17, 15) is 0 Å². The van der Waals surface area contributed by atoms with E-state index < -0.39 is 0 Å². The summed E-state index contributed by atoms with van der Waals surface area (Å²) < 4.78 is 7.82. The van der Waals surface area contributed by atoms with E-state index in [2.05, 4.69) is 28.6 Å². The molecule has 0 saturated heterocycles. The molecule has 0 amide bonds. The number of benzene rings is 1. The standard InChI is InChI=1S/C15H19N3O/c1-11-7-13(18(2)17-11)9-16-10-14-8-12-5-3-4-6-15(12)19-14/h3-7,14,16H,8-10H2,1-2H3. The molecule has 1 unspecified atom stereocenters. The van der Waals surface area contributed by atoms with Crippen molar-refractivity contribution in [3.05, 3.63) is 47.3 Å². The first-order valence-corrected chi connectivity index (χ1v) is 6.67. The summed E-state index contributed by atoms with van der Waals surface area (Å²) in [5, 5.41) is 7.79. The number of fused-ring (bicyclic) bond motifs is 1. The predicted molar refractivity (Wildman–Crippen MR) is 74.2 cm³/mol. The van der Waals surface area contributed by atoms with Crippen LogP contribution < -0.4 is 10.1 Å². The molecule has 0 saturated carbocycles. The highest BCUT2D eigenvalue weighted by molar-refractivity contribution is 5.37. The maximum Gasteiger partial charge on any atom is 0.123 e. The highest BCUT2D eigenvalue weighted by Crippen LogP contribution is 2.27. The van der Waals surface area contributed by atoms with Gasteiger partial charge in [0.1, 0.15) is 11.9 Å². The molecule has 1 atom stereocenters. The molecule has 4 heteroatoms. The second kappa shape index (κ2) is 5.05. The molecule has 0 aliphatic carbocycles. The zero-order valence-corrected chi connectivity index (χ0v) is 11.4. The summed E-state index contributed by atoms with van der Waals surface area (Å²) in [5.74, 6) is 1.03. The van der Waals surface area contributed by atoms with Crippen molar-refractivity contribution in [1.82, 2.24) is 15.1 Å². The number of hydrogen-bond acceptors (Lipinski definition) is 3. The van der Waals surface area contributed by atoms with Gasteiger partial charge in [-0.1, -0.05) is 18.2 Å². The van der Waals surface area contributed by atoms with Gasteiger partial charge in [0, 0.05) is 26.6 Å². The Bertz CT molecular complexity index is 552. The summed E-state index contributed by atoms with van der Waals surface area (Å²) in [6.45, 7) is 3.70. The lowest BCUT2D eigenvalue weighted by Gasteiger charge is -2.11. The fraction of sp³-hybridized carbons (Fsp3) is 0.400. The molecule has 1 aromatic heterocycles. The van der Waals surface area contributed by atoms with Crippen molar-refractivity contribution in [2.24, 2.45) is 7.05 Å². The Balaban J connectivity index is 1.51. The number of rotatable bonds is 4. The Kier molecular flexibility index (Phi) is 3.25. The molecule has 1 aromatic carbocycles. The van der Waals surface area contributed by atoms with Crippen LogP contribution in [0.1, 0.15) is 17.0 Å². The van der Waals surface area contributed by atoms with Gasteiger partial charge in [-0.3, -0.25) is 4.68 Å². The minimum atomic E-state index is 0.242. The SMILES string of the molecule is Cc1cc(CNCC2Cc3ccccc3O2)n(C)n1. The maximum absolute atomic E-state index is 5.90. The van der Waals surface area contributed by atoms with Crippen LogP contribution in [0.3, 0.4) is 0 Å². The molecule has 1 aliphatic heterocycles. The van der Waals surface area contributed by atoms with Crippen molar-refractivity contribution in [3.63, 3.8) is 0 Å². The fourth-order valence-electron chi connectivity index (χ4n) is 2.56. The van der Waals surface area contributed by atoms with Crippen LogP contribution >= 0.6 is 0 Å². The first-order chi connectivity index (χ1) is 9.22. The summed E-state index contributed by atoms with van der Waals surface area (Å²) >= 11 is 0. The van der Waals surface area contributed by atoms with Crippen molar-refractivity contribution < 1.29 is 4.74 Å². The summed E-state index contributed by atoms with van der Waals surface area (Å²) in [7, 11) is 1.98. The minimum Gasteiger partial charge on any atom is -0.488 e. The maximum atomic E-state index is 5.90. The van der Waals surface area contributed by atoms with Crippen LogP contribution in [-0.4, -0.2) is 22.4 Å². The quantitative estimate of drug-likeness (QED) is 0.908. The smallest absolute Gasteiger partial charge is 0.123 e. The summed E-state index contributed by atoms with van der Waals surface area (Å²) in [6.07, 6.45) is 1.24. The van der Waals surface area contributed by atoms with E-state index >= 15 is 0 Å². The van der Waals surface area contributed by atoms with E-state index in [-0.39, 0.29) is 6.10 Å². The van der Waals surface area contributed by atoms with Gasteiger partial charge in [-0.25, -0.2) is 0 Å². The van der Waals surface area contributed by atoms with Gasteiger partial charge in [0.05, 0.1) is 11.4 Å². The summed E-state index contributed by atoms with van der Waals surface area (Å²) in [6, 6.07) is 10.4.